The molecule has 4 heteroatoms. The number of nitrogens with zero attached hydrogens (tertiary/aromatic N) is 1. The summed E-state index contributed by atoms with van der Waals surface area (Å²) >= 11 is 0. The lowest BCUT2D eigenvalue weighted by Gasteiger charge is -2.32. The lowest BCUT2D eigenvalue weighted by molar-refractivity contribution is -0.146. The first-order chi connectivity index (χ1) is 6.15. The molecule has 1 heterocycles. The lowest BCUT2D eigenvalue weighted by Crippen LogP contribution is -2.48. The third kappa shape index (κ3) is 2.67. The molecule has 0 aromatic carbocycles. The highest BCUT2D eigenvalue weighted by atomic mass is 16.5. The molecule has 1 N–H and O–H groups in total. The number of carbonyl (C=O) groups excluding carboxylic acids is 1. The molecule has 13 heavy (non-hydrogen) atoms. The van der Waals surface area contributed by atoms with Gasteiger partial charge in [0.05, 0.1) is 13.0 Å². The van der Waals surface area contributed by atoms with Crippen LogP contribution < -0.4 is 5.32 Å². The fraction of sp³-hybridized carbons (Fsp3) is 0.889. The molecule has 1 aliphatic rings. The Morgan fingerprint density at radius 3 is 2.69 bits per heavy atom. The number of nitrogens with one attached hydrogen (secondary N) is 1. The van der Waals surface area contributed by atoms with E-state index in [0.717, 1.165) is 19.5 Å². The van der Waals surface area contributed by atoms with E-state index in [1.54, 1.807) is 0 Å². The third-order valence-electron chi connectivity index (χ3n) is 2.59. The monoisotopic (exact) mass is 186 g/mol. The number of hydrogen-bond donors (Lipinski definition) is 1. The highest BCUT2D eigenvalue weighted by Crippen LogP contribution is 2.14. The van der Waals surface area contributed by atoms with Gasteiger partial charge >= 0.3 is 5.97 Å². The Balaban J connectivity index is 2.46. The second-order valence-corrected chi connectivity index (χ2v) is 3.73. The summed E-state index contributed by atoms with van der Waals surface area (Å²) < 4.78 is 4.72. The average molecular weight is 186 g/mol. The fourth-order valence-electron chi connectivity index (χ4n) is 1.66. The van der Waals surface area contributed by atoms with E-state index in [9.17, 15) is 4.79 Å². The number of methoxy groups -OCH3 is 1. The van der Waals surface area contributed by atoms with Crippen LogP contribution in [0.15, 0.2) is 0 Å². The van der Waals surface area contributed by atoms with Gasteiger partial charge in [0.25, 0.3) is 0 Å². The molecule has 1 fully saturated rings. The van der Waals surface area contributed by atoms with E-state index >= 15 is 0 Å². The summed E-state index contributed by atoms with van der Waals surface area (Å²) in [6.07, 6.45) is 0.896. The molecule has 1 rings (SSSR count). The standard InChI is InChI=1S/C9H18N2O2/c1-11(2)8-4-7(5-10-6-8)9(12)13-3/h7-8,10H,4-6H2,1-3H3/t7-,8-/m1/s1. The molecular weight excluding hydrogens is 168 g/mol. The van der Waals surface area contributed by atoms with Gasteiger partial charge in [-0.1, -0.05) is 0 Å². The minimum absolute atomic E-state index is 0.0196. The average Bonchev–Trinajstić information content (AvgIpc) is 2.17. The van der Waals surface area contributed by atoms with Crippen LogP contribution in [0.4, 0.5) is 0 Å². The highest BCUT2D eigenvalue weighted by Gasteiger charge is 2.28. The van der Waals surface area contributed by atoms with Crippen LogP contribution in [0.5, 0.6) is 0 Å². The molecule has 1 aliphatic heterocycles. The van der Waals surface area contributed by atoms with Crippen LogP contribution in [0.25, 0.3) is 0 Å². The Morgan fingerprint density at radius 2 is 2.15 bits per heavy atom. The normalized spacial score (nSPS) is 28.9. The smallest absolute Gasteiger partial charge is 0.310 e. The highest BCUT2D eigenvalue weighted by molar-refractivity contribution is 5.72. The number of likely N-dealkylation sites (N-methyl/N-ethyl adjacent to an activating group) is 1. The zero-order valence-electron chi connectivity index (χ0n) is 8.54. The van der Waals surface area contributed by atoms with E-state index in [2.05, 4.69) is 10.2 Å². The molecule has 0 radical (unpaired) electrons. The van der Waals surface area contributed by atoms with Crippen molar-refractivity contribution in [1.82, 2.24) is 10.2 Å². The van der Waals surface area contributed by atoms with Crippen molar-refractivity contribution >= 4 is 5.97 Å². The molecule has 0 spiro atoms. The van der Waals surface area contributed by atoms with Crippen LogP contribution in [0.3, 0.4) is 0 Å². The van der Waals surface area contributed by atoms with Crippen LogP contribution in [-0.4, -0.2) is 51.2 Å². The van der Waals surface area contributed by atoms with Crippen molar-refractivity contribution in [3.63, 3.8) is 0 Å². The van der Waals surface area contributed by atoms with E-state index in [1.165, 1.54) is 7.11 Å². The van der Waals surface area contributed by atoms with Gasteiger partial charge < -0.3 is 15.0 Å². The van der Waals surface area contributed by atoms with Crippen LogP contribution >= 0.6 is 0 Å². The fourth-order valence-corrected chi connectivity index (χ4v) is 1.66. The summed E-state index contributed by atoms with van der Waals surface area (Å²) in [5.74, 6) is -0.0785. The third-order valence-corrected chi connectivity index (χ3v) is 2.59. The van der Waals surface area contributed by atoms with E-state index in [4.69, 9.17) is 4.74 Å². The second kappa shape index (κ2) is 4.58. The topological polar surface area (TPSA) is 41.6 Å². The van der Waals surface area contributed by atoms with Gasteiger partial charge in [-0.25, -0.2) is 0 Å². The molecule has 4 nitrogen and oxygen atoms in total. The minimum Gasteiger partial charge on any atom is -0.469 e. The van der Waals surface area contributed by atoms with Crippen molar-refractivity contribution in [3.8, 4) is 0 Å². The molecule has 0 amide bonds. The van der Waals surface area contributed by atoms with E-state index < -0.39 is 0 Å². The number of ether oxygens (including phenoxy) is 1. The number of carbonyl (C=O) groups is 1. The molecule has 0 aliphatic carbocycles. The molecule has 0 bridgehead atoms. The van der Waals surface area contributed by atoms with E-state index in [-0.39, 0.29) is 11.9 Å². The quantitative estimate of drug-likeness (QED) is 0.601. The van der Waals surface area contributed by atoms with Crippen molar-refractivity contribution in [2.45, 2.75) is 12.5 Å². The molecule has 76 valence electrons. The SMILES string of the molecule is COC(=O)[C@H]1CNC[C@H](N(C)C)C1. The van der Waals surface area contributed by atoms with E-state index in [0.29, 0.717) is 6.04 Å². The van der Waals surface area contributed by atoms with Gasteiger partial charge in [0.1, 0.15) is 0 Å². The van der Waals surface area contributed by atoms with Gasteiger partial charge in [0.2, 0.25) is 0 Å². The van der Waals surface area contributed by atoms with Crippen LogP contribution in [0.2, 0.25) is 0 Å². The predicted octanol–water partition coefficient (Wildman–Crippen LogP) is -0.301. The van der Waals surface area contributed by atoms with Crippen LogP contribution in [0, 0.1) is 5.92 Å². The Kier molecular flexibility index (Phi) is 3.69. The first-order valence-electron chi connectivity index (χ1n) is 4.60. The van der Waals surface area contributed by atoms with Gasteiger partial charge in [-0.2, -0.15) is 0 Å². The Hall–Kier alpha value is -0.610. The molecule has 0 aromatic rings. The maximum atomic E-state index is 11.3. The lowest BCUT2D eigenvalue weighted by atomic mass is 9.95. The van der Waals surface area contributed by atoms with Gasteiger partial charge in [0, 0.05) is 19.1 Å². The predicted molar refractivity (Wildman–Crippen MR) is 50.5 cm³/mol. The Morgan fingerprint density at radius 1 is 1.46 bits per heavy atom. The maximum absolute atomic E-state index is 11.3. The summed E-state index contributed by atoms with van der Waals surface area (Å²) in [5, 5.41) is 3.24. The summed E-state index contributed by atoms with van der Waals surface area (Å²) in [5.41, 5.74) is 0. The molecule has 0 saturated carbocycles. The number of rotatable bonds is 2. The van der Waals surface area contributed by atoms with Crippen molar-refractivity contribution in [2.24, 2.45) is 5.92 Å². The summed E-state index contributed by atoms with van der Waals surface area (Å²) in [4.78, 5) is 13.4. The van der Waals surface area contributed by atoms with Crippen molar-refractivity contribution in [1.29, 1.82) is 0 Å². The van der Waals surface area contributed by atoms with Gasteiger partial charge in [0.15, 0.2) is 0 Å². The van der Waals surface area contributed by atoms with Crippen LogP contribution in [-0.2, 0) is 9.53 Å². The van der Waals surface area contributed by atoms with Crippen LogP contribution in [0.1, 0.15) is 6.42 Å². The van der Waals surface area contributed by atoms with Gasteiger partial charge in [-0.3, -0.25) is 4.79 Å². The Bertz CT molecular complexity index is 182. The Labute approximate surface area is 79.2 Å². The molecule has 1 saturated heterocycles. The molecule has 0 unspecified atom stereocenters. The number of hydrogen-bond acceptors (Lipinski definition) is 4. The molecule has 0 aromatic heterocycles. The van der Waals surface area contributed by atoms with Gasteiger partial charge in [-0.15, -0.1) is 0 Å². The van der Waals surface area contributed by atoms with E-state index in [1.807, 2.05) is 14.1 Å². The van der Waals surface area contributed by atoms with Crippen molar-refractivity contribution in [2.75, 3.05) is 34.3 Å². The maximum Gasteiger partial charge on any atom is 0.310 e. The van der Waals surface area contributed by atoms with Gasteiger partial charge in [-0.05, 0) is 20.5 Å². The largest absolute Gasteiger partial charge is 0.469 e. The van der Waals surface area contributed by atoms with Crippen molar-refractivity contribution < 1.29 is 9.53 Å². The summed E-state index contributed by atoms with van der Waals surface area (Å²) in [6, 6.07) is 0.442. The zero-order chi connectivity index (χ0) is 9.84. The van der Waals surface area contributed by atoms with Crippen molar-refractivity contribution in [3.05, 3.63) is 0 Å². The molecular formula is C9H18N2O2. The number of piperidine rings is 1. The first-order valence-corrected chi connectivity index (χ1v) is 4.60. The summed E-state index contributed by atoms with van der Waals surface area (Å²) in [6.45, 7) is 1.71. The minimum atomic E-state index is -0.0981. The second-order valence-electron chi connectivity index (χ2n) is 3.73. The first kappa shape index (κ1) is 10.5. The molecule has 2 atom stereocenters. The number of esters is 1. The zero-order valence-corrected chi connectivity index (χ0v) is 8.54. The summed E-state index contributed by atoms with van der Waals surface area (Å²) in [7, 11) is 5.51.